The van der Waals surface area contributed by atoms with Gasteiger partial charge in [-0.25, -0.2) is 0 Å². The topological polar surface area (TPSA) is 90.4 Å². The van der Waals surface area contributed by atoms with Crippen molar-refractivity contribution in [2.24, 2.45) is 11.8 Å². The highest BCUT2D eigenvalue weighted by atomic mass is 16.5. The molecule has 3 amide bonds. The van der Waals surface area contributed by atoms with Crippen LogP contribution in [0.15, 0.2) is 55.6 Å². The molecule has 8 heteroatoms. The number of aliphatic hydroxyl groups is 1. The summed E-state index contributed by atoms with van der Waals surface area (Å²) in [6.45, 7) is 13.6. The van der Waals surface area contributed by atoms with Crippen molar-refractivity contribution in [1.82, 2.24) is 14.7 Å². The number of carbonyl (C=O) groups excluding carboxylic acids is 3. The Bertz CT molecular complexity index is 1090. The van der Waals surface area contributed by atoms with E-state index in [0.717, 1.165) is 18.4 Å². The van der Waals surface area contributed by atoms with Gasteiger partial charge in [-0.15, -0.1) is 13.2 Å². The minimum Gasteiger partial charge on any atom is -0.396 e. The maximum Gasteiger partial charge on any atom is 0.248 e. The largest absolute Gasteiger partial charge is 0.396 e. The number of aliphatic hydroxyl groups excluding tert-OH is 1. The van der Waals surface area contributed by atoms with Gasteiger partial charge in [-0.3, -0.25) is 14.4 Å². The van der Waals surface area contributed by atoms with Crippen LogP contribution in [0.2, 0.25) is 0 Å². The van der Waals surface area contributed by atoms with Crippen molar-refractivity contribution < 1.29 is 24.2 Å². The van der Waals surface area contributed by atoms with Gasteiger partial charge < -0.3 is 24.5 Å². The first-order chi connectivity index (χ1) is 19.3. The second-order valence-electron chi connectivity index (χ2n) is 11.4. The Balaban J connectivity index is 1.75. The molecule has 1 spiro atoms. The van der Waals surface area contributed by atoms with Crippen LogP contribution in [0, 0.1) is 11.8 Å². The lowest BCUT2D eigenvalue weighted by atomic mass is 9.64. The number of amides is 3. The molecule has 8 nitrogen and oxygen atoms in total. The fourth-order valence-electron chi connectivity index (χ4n) is 7.21. The third-order valence-electron chi connectivity index (χ3n) is 9.06. The molecule has 3 aliphatic rings. The summed E-state index contributed by atoms with van der Waals surface area (Å²) in [4.78, 5) is 48.1. The van der Waals surface area contributed by atoms with Crippen molar-refractivity contribution in [1.29, 1.82) is 0 Å². The van der Waals surface area contributed by atoms with Crippen LogP contribution >= 0.6 is 0 Å². The predicted octanol–water partition coefficient (Wildman–Crippen LogP) is 3.55. The lowest BCUT2D eigenvalue weighted by Gasteiger charge is -2.37. The highest BCUT2D eigenvalue weighted by molar-refractivity contribution is 5.99. The summed E-state index contributed by atoms with van der Waals surface area (Å²) < 4.78 is 6.91. The first-order valence-electron chi connectivity index (χ1n) is 14.8. The number of benzene rings is 1. The Morgan fingerprint density at radius 1 is 1.07 bits per heavy atom. The Morgan fingerprint density at radius 2 is 1.77 bits per heavy atom. The van der Waals surface area contributed by atoms with Crippen LogP contribution in [0.1, 0.15) is 57.9 Å². The van der Waals surface area contributed by atoms with E-state index in [1.807, 2.05) is 37.3 Å². The molecule has 3 aliphatic heterocycles. The van der Waals surface area contributed by atoms with E-state index in [-0.39, 0.29) is 30.9 Å². The van der Waals surface area contributed by atoms with Crippen LogP contribution in [0.4, 0.5) is 0 Å². The lowest BCUT2D eigenvalue weighted by Crippen LogP contribution is -2.56. The molecule has 2 unspecified atom stereocenters. The smallest absolute Gasteiger partial charge is 0.248 e. The van der Waals surface area contributed by atoms with Gasteiger partial charge in [0, 0.05) is 39.3 Å². The normalized spacial score (nSPS) is 28.4. The van der Waals surface area contributed by atoms with Gasteiger partial charge in [-0.05, 0) is 37.7 Å². The zero-order valence-corrected chi connectivity index (χ0v) is 24.1. The maximum atomic E-state index is 14.4. The quantitative estimate of drug-likeness (QED) is 0.337. The lowest BCUT2D eigenvalue weighted by molar-refractivity contribution is -0.155. The number of nitrogens with zero attached hydrogens (tertiary/aromatic N) is 3. The highest BCUT2D eigenvalue weighted by Gasteiger charge is 2.79. The summed E-state index contributed by atoms with van der Waals surface area (Å²) in [6, 6.07) is 8.95. The van der Waals surface area contributed by atoms with E-state index >= 15 is 0 Å². The van der Waals surface area contributed by atoms with E-state index in [1.54, 1.807) is 26.9 Å². The van der Waals surface area contributed by atoms with Crippen molar-refractivity contribution in [2.45, 2.75) is 76.2 Å². The summed E-state index contributed by atoms with van der Waals surface area (Å²) in [5.41, 5.74) is -0.881. The van der Waals surface area contributed by atoms with Crippen molar-refractivity contribution in [3.8, 4) is 0 Å². The first-order valence-corrected chi connectivity index (χ1v) is 14.8. The molecule has 2 bridgehead atoms. The van der Waals surface area contributed by atoms with Gasteiger partial charge in [-0.1, -0.05) is 62.8 Å². The van der Waals surface area contributed by atoms with Crippen molar-refractivity contribution in [2.75, 3.05) is 32.8 Å². The van der Waals surface area contributed by atoms with E-state index in [1.165, 1.54) is 0 Å². The fraction of sp³-hybridized carbons (Fsp3) is 0.594. The van der Waals surface area contributed by atoms with E-state index in [0.29, 0.717) is 51.9 Å². The predicted molar refractivity (Wildman–Crippen MR) is 154 cm³/mol. The van der Waals surface area contributed by atoms with Crippen LogP contribution in [-0.4, -0.2) is 87.6 Å². The van der Waals surface area contributed by atoms with Gasteiger partial charge in [0.15, 0.2) is 0 Å². The molecular formula is C32H45N3O5. The molecule has 3 heterocycles. The molecule has 40 heavy (non-hydrogen) atoms. The summed E-state index contributed by atoms with van der Waals surface area (Å²) in [5.74, 6) is -1.95. The summed E-state index contributed by atoms with van der Waals surface area (Å²) in [5, 5.41) is 9.62. The Morgan fingerprint density at radius 3 is 2.40 bits per heavy atom. The van der Waals surface area contributed by atoms with Crippen LogP contribution in [0.5, 0.6) is 0 Å². The van der Waals surface area contributed by atoms with E-state index in [9.17, 15) is 19.5 Å². The number of ether oxygens (including phenoxy) is 1. The van der Waals surface area contributed by atoms with Gasteiger partial charge in [-0.2, -0.15) is 0 Å². The van der Waals surface area contributed by atoms with Gasteiger partial charge >= 0.3 is 0 Å². The summed E-state index contributed by atoms with van der Waals surface area (Å²) in [6.07, 6.45) is 7.27. The number of hydrogen-bond acceptors (Lipinski definition) is 5. The molecule has 1 aromatic rings. The molecule has 1 aromatic carbocycles. The number of carbonyl (C=O) groups is 3. The van der Waals surface area contributed by atoms with Gasteiger partial charge in [0.05, 0.1) is 17.4 Å². The van der Waals surface area contributed by atoms with Crippen molar-refractivity contribution >= 4 is 17.7 Å². The van der Waals surface area contributed by atoms with Crippen LogP contribution in [0.25, 0.3) is 0 Å². The minimum absolute atomic E-state index is 0.0964. The molecule has 0 radical (unpaired) electrons. The molecule has 1 N–H and O–H groups in total. The molecule has 0 aliphatic carbocycles. The average molecular weight is 552 g/mol. The number of likely N-dealkylation sites (tertiary alicyclic amines) is 1. The van der Waals surface area contributed by atoms with Crippen molar-refractivity contribution in [3.63, 3.8) is 0 Å². The first kappa shape index (κ1) is 30.0. The molecule has 3 saturated heterocycles. The zero-order chi connectivity index (χ0) is 28.9. The second kappa shape index (κ2) is 12.7. The molecule has 0 aromatic heterocycles. The Hall–Kier alpha value is -2.97. The monoisotopic (exact) mass is 551 g/mol. The molecule has 3 fully saturated rings. The fourth-order valence-corrected chi connectivity index (χ4v) is 7.21. The van der Waals surface area contributed by atoms with Gasteiger partial charge in [0.2, 0.25) is 17.7 Å². The summed E-state index contributed by atoms with van der Waals surface area (Å²) in [7, 11) is 0. The second-order valence-corrected chi connectivity index (χ2v) is 11.4. The van der Waals surface area contributed by atoms with E-state index < -0.39 is 29.1 Å². The molecule has 0 saturated carbocycles. The Labute approximate surface area is 238 Å². The van der Waals surface area contributed by atoms with Crippen molar-refractivity contribution in [3.05, 3.63) is 61.2 Å². The number of hydrogen-bond donors (Lipinski definition) is 1. The molecule has 4 rings (SSSR count). The minimum atomic E-state index is -1.07. The number of rotatable bonds is 15. The van der Waals surface area contributed by atoms with Crippen LogP contribution in [0.3, 0.4) is 0 Å². The van der Waals surface area contributed by atoms with Gasteiger partial charge in [0.1, 0.15) is 11.6 Å². The summed E-state index contributed by atoms with van der Waals surface area (Å²) >= 11 is 0. The number of fused-ring (bicyclic) bond motifs is 1. The van der Waals surface area contributed by atoms with E-state index in [2.05, 4.69) is 20.1 Å². The van der Waals surface area contributed by atoms with Crippen LogP contribution in [-0.2, 0) is 25.7 Å². The van der Waals surface area contributed by atoms with E-state index in [4.69, 9.17) is 4.74 Å². The Kier molecular flexibility index (Phi) is 9.52. The average Bonchev–Trinajstić information content (AvgIpc) is 3.57. The third kappa shape index (κ3) is 5.12. The van der Waals surface area contributed by atoms with Crippen LogP contribution < -0.4 is 0 Å². The molecule has 218 valence electrons. The standard InChI is InChI=1S/C32H45N3O5/c1-5-9-20-33(18-6-2)30(39)27-32-17-16-31(8-4,40-32)25(26(32)29(38)35(27)21-13-22-36)28(37)34(19-7-3)23-24-14-11-10-12-15-24/h6-7,10-12,14-15,25-27,36H,2-3,5,8-9,13,16-23H2,1,4H3/t25-,26-,27?,31+,32?/m0/s1. The van der Waals surface area contributed by atoms with Gasteiger partial charge in [0.25, 0.3) is 0 Å². The maximum absolute atomic E-state index is 14.4. The molecular weight excluding hydrogens is 506 g/mol. The third-order valence-corrected chi connectivity index (χ3v) is 9.06. The zero-order valence-electron chi connectivity index (χ0n) is 24.1. The molecule has 5 atom stereocenters. The highest BCUT2D eigenvalue weighted by Crippen LogP contribution is 2.64. The SMILES string of the molecule is C=CCN(CCCC)C(=O)C1N(CCCO)C(=O)[C@@H]2[C@@H](C(=O)N(CC=C)Cc3ccccc3)[C@@]3(CC)CCC12O3. The number of unbranched alkanes of at least 4 members (excludes halogenated alkanes) is 1.